The molecule has 1 aromatic carbocycles. The number of ether oxygens (including phenoxy) is 9. The smallest absolute Gasteiger partial charge is 0.458 e. The Bertz CT molecular complexity index is 1860. The number of rotatable bonds is 9. The standard InChI is InChI=1S/C47H75FN4O15/c1-15-33-47(10)38(66-44(57)67-47)28(6)52(13)23-24(2)21-45(8,58)37(64-42-35(53)32(51(11)12)20-25(3)60-42)26(4)36(27(5)41(55)62-33)63-34-22-46(9,59-14)39(29(7)61-34)65-43(56)50-49-40(54)30-16-18-31(48)19-17-30/h16-19,24-29,32-39,42,53,58H,15,20-23H2,1-14H3,(H,49,54)(H,50,56)/t24-,25-,26+,27-,28-,29+,32+,33-,34+,35-,36+,37-,38-,39+,42+,45-,46-,47-/m1/s1. The van der Waals surface area contributed by atoms with Crippen LogP contribution in [0.2, 0.25) is 0 Å². The number of carbonyl (C=O) groups is 4. The van der Waals surface area contributed by atoms with E-state index in [1.54, 1.807) is 41.5 Å². The lowest BCUT2D eigenvalue weighted by Crippen LogP contribution is -2.61. The summed E-state index contributed by atoms with van der Waals surface area (Å²) in [6, 6.07) is 3.99. The molecule has 0 saturated carbocycles. The van der Waals surface area contributed by atoms with Crippen LogP contribution in [0.25, 0.3) is 0 Å². The van der Waals surface area contributed by atoms with E-state index in [1.807, 2.05) is 58.6 Å². The van der Waals surface area contributed by atoms with Gasteiger partial charge in [-0.25, -0.2) is 19.4 Å². The number of nitrogens with one attached hydrogen (secondary N) is 2. The number of hydrazine groups is 1. The highest BCUT2D eigenvalue weighted by molar-refractivity contribution is 5.94. The molecule has 0 radical (unpaired) electrons. The van der Waals surface area contributed by atoms with E-state index >= 15 is 0 Å². The summed E-state index contributed by atoms with van der Waals surface area (Å²) in [7, 11) is 7.05. The maximum absolute atomic E-state index is 14.7. The summed E-state index contributed by atoms with van der Waals surface area (Å²) in [5.74, 6) is -4.09. The molecular weight excluding hydrogens is 880 g/mol. The Morgan fingerprint density at radius 2 is 1.61 bits per heavy atom. The largest absolute Gasteiger partial charge is 0.509 e. The molecule has 380 valence electrons. The third-order valence-electron chi connectivity index (χ3n) is 14.2. The zero-order valence-electron chi connectivity index (χ0n) is 41.5. The van der Waals surface area contributed by atoms with Crippen LogP contribution in [0.1, 0.15) is 105 Å². The number of aliphatic hydroxyl groups excluding tert-OH is 1. The third kappa shape index (κ3) is 12.4. The number of nitrogens with zero attached hydrogens (tertiary/aromatic N) is 2. The van der Waals surface area contributed by atoms with Crippen LogP contribution in [-0.4, -0.2) is 169 Å². The number of cyclic esters (lactones) is 1. The summed E-state index contributed by atoms with van der Waals surface area (Å²) in [6.07, 6.45) is -10.7. The lowest BCUT2D eigenvalue weighted by molar-refractivity contribution is -0.317. The van der Waals surface area contributed by atoms with Gasteiger partial charge in [-0.3, -0.25) is 19.9 Å². The van der Waals surface area contributed by atoms with E-state index in [0.29, 0.717) is 13.0 Å². The van der Waals surface area contributed by atoms with Crippen LogP contribution in [0.3, 0.4) is 0 Å². The highest BCUT2D eigenvalue weighted by Crippen LogP contribution is 2.42. The summed E-state index contributed by atoms with van der Waals surface area (Å²) < 4.78 is 69.5. The van der Waals surface area contributed by atoms with E-state index in [0.717, 1.165) is 12.1 Å². The first-order chi connectivity index (χ1) is 31.2. The van der Waals surface area contributed by atoms with Crippen molar-refractivity contribution in [3.8, 4) is 0 Å². The van der Waals surface area contributed by atoms with Crippen molar-refractivity contribution < 1.29 is 76.4 Å². The molecule has 1 aromatic rings. The molecule has 67 heavy (non-hydrogen) atoms. The van der Waals surface area contributed by atoms with Crippen LogP contribution >= 0.6 is 0 Å². The molecule has 18 atom stereocenters. The van der Waals surface area contributed by atoms with E-state index in [-0.39, 0.29) is 42.9 Å². The van der Waals surface area contributed by atoms with Gasteiger partial charge in [0.2, 0.25) is 0 Å². The summed E-state index contributed by atoms with van der Waals surface area (Å²) in [5, 5.41) is 24.5. The van der Waals surface area contributed by atoms with Gasteiger partial charge in [-0.15, -0.1) is 0 Å². The minimum absolute atomic E-state index is 0.0427. The lowest BCUT2D eigenvalue weighted by atomic mass is 9.77. The minimum atomic E-state index is -1.64. The van der Waals surface area contributed by atoms with Gasteiger partial charge >= 0.3 is 18.2 Å². The molecule has 4 aliphatic heterocycles. The number of hydrogen-bond acceptors (Lipinski definition) is 17. The number of carbonyl (C=O) groups excluding carboxylic acids is 4. The summed E-state index contributed by atoms with van der Waals surface area (Å²) in [5.41, 5.74) is 0.251. The van der Waals surface area contributed by atoms with Gasteiger partial charge in [0.1, 0.15) is 23.6 Å². The Morgan fingerprint density at radius 3 is 2.22 bits per heavy atom. The number of likely N-dealkylation sites (N-methyl/N-ethyl adjacent to an activating group) is 2. The van der Waals surface area contributed by atoms with Crippen LogP contribution in [0.15, 0.2) is 24.3 Å². The van der Waals surface area contributed by atoms with Crippen molar-refractivity contribution in [2.24, 2.45) is 17.8 Å². The molecule has 5 rings (SSSR count). The van der Waals surface area contributed by atoms with E-state index in [4.69, 9.17) is 42.6 Å². The van der Waals surface area contributed by atoms with E-state index < -0.39 is 120 Å². The van der Waals surface area contributed by atoms with Crippen LogP contribution in [0, 0.1) is 23.6 Å². The number of methoxy groups -OCH3 is 1. The van der Waals surface area contributed by atoms with Crippen molar-refractivity contribution >= 4 is 24.1 Å². The van der Waals surface area contributed by atoms with Gasteiger partial charge in [-0.1, -0.05) is 20.8 Å². The fraction of sp³-hybridized carbons (Fsp3) is 0.787. The molecule has 4 fully saturated rings. The number of hydrogen-bond donors (Lipinski definition) is 4. The molecule has 0 aromatic heterocycles. The SMILES string of the molecule is CC[C@H]1OC(=O)[C@H](C)[C@@H](O[C@H]2C[C@@](C)(OC)[C@@H](OC(=O)NNC(=O)c3ccc(F)cc3)[C@H](C)O2)[C@H](C)[C@@H](O[C@@H]2O[C@H](C)C[C@H](N(C)C)[C@H]2O)[C@](C)(O)C[C@@H](C)CN(C)[C@H](C)[C@H]2OC(=O)O[C@@]21C. The van der Waals surface area contributed by atoms with E-state index in [1.165, 1.54) is 19.2 Å². The van der Waals surface area contributed by atoms with Crippen molar-refractivity contribution in [3.63, 3.8) is 0 Å². The monoisotopic (exact) mass is 955 g/mol. The molecule has 2 amide bonds. The number of aliphatic hydroxyl groups is 2. The normalized spacial score (nSPS) is 41.4. The average Bonchev–Trinajstić information content (AvgIpc) is 3.57. The predicted octanol–water partition coefficient (Wildman–Crippen LogP) is 4.30. The Hall–Kier alpha value is -3.73. The predicted molar refractivity (Wildman–Crippen MR) is 239 cm³/mol. The number of amides is 2. The zero-order valence-corrected chi connectivity index (χ0v) is 41.5. The maximum Gasteiger partial charge on any atom is 0.509 e. The molecule has 4 saturated heterocycles. The number of esters is 1. The summed E-state index contributed by atoms with van der Waals surface area (Å²) >= 11 is 0. The van der Waals surface area contributed by atoms with Crippen LogP contribution in [-0.2, 0) is 47.4 Å². The second-order valence-corrected chi connectivity index (χ2v) is 20.0. The van der Waals surface area contributed by atoms with Gasteiger partial charge in [0, 0.05) is 43.6 Å². The topological polar surface area (TPSA) is 222 Å². The molecule has 0 bridgehead atoms. The highest BCUT2D eigenvalue weighted by atomic mass is 19.1. The molecule has 4 aliphatic rings. The fourth-order valence-electron chi connectivity index (χ4n) is 10.5. The van der Waals surface area contributed by atoms with E-state index in [2.05, 4.69) is 10.9 Å². The molecule has 0 spiro atoms. The van der Waals surface area contributed by atoms with Crippen molar-refractivity contribution in [3.05, 3.63) is 35.6 Å². The van der Waals surface area contributed by atoms with Crippen molar-refractivity contribution in [2.75, 3.05) is 34.8 Å². The zero-order chi connectivity index (χ0) is 49.9. The highest BCUT2D eigenvalue weighted by Gasteiger charge is 2.58. The van der Waals surface area contributed by atoms with Crippen LogP contribution in [0.4, 0.5) is 14.0 Å². The number of fused-ring (bicyclic) bond motifs is 1. The first kappa shape index (κ1) is 54.2. The first-order valence-electron chi connectivity index (χ1n) is 23.3. The van der Waals surface area contributed by atoms with Crippen molar-refractivity contribution in [1.82, 2.24) is 20.7 Å². The van der Waals surface area contributed by atoms with Crippen LogP contribution in [0.5, 0.6) is 0 Å². The average molecular weight is 955 g/mol. The van der Waals surface area contributed by atoms with Gasteiger partial charge in [0.05, 0.1) is 35.9 Å². The van der Waals surface area contributed by atoms with Crippen LogP contribution < -0.4 is 10.9 Å². The number of halogens is 1. The van der Waals surface area contributed by atoms with Gasteiger partial charge in [0.15, 0.2) is 30.4 Å². The lowest BCUT2D eigenvalue weighted by Gasteiger charge is -2.49. The molecule has 0 aliphatic carbocycles. The Labute approximate surface area is 393 Å². The Kier molecular flexibility index (Phi) is 17.7. The molecule has 19 nitrogen and oxygen atoms in total. The number of benzene rings is 1. The molecular formula is C47H75FN4O15. The Balaban J connectivity index is 1.50. The molecule has 4 heterocycles. The van der Waals surface area contributed by atoms with Gasteiger partial charge in [0.25, 0.3) is 5.91 Å². The molecule has 4 N–H and O–H groups in total. The van der Waals surface area contributed by atoms with Gasteiger partial charge in [-0.05, 0) is 119 Å². The second kappa shape index (κ2) is 21.9. The van der Waals surface area contributed by atoms with E-state index in [9.17, 15) is 33.8 Å². The quantitative estimate of drug-likeness (QED) is 0.154. The Morgan fingerprint density at radius 1 is 0.955 bits per heavy atom. The van der Waals surface area contributed by atoms with Gasteiger partial charge in [-0.2, -0.15) is 0 Å². The molecule has 20 heteroatoms. The second-order valence-electron chi connectivity index (χ2n) is 20.0. The summed E-state index contributed by atoms with van der Waals surface area (Å²) in [4.78, 5) is 57.2. The third-order valence-corrected chi connectivity index (χ3v) is 14.2. The fourth-order valence-corrected chi connectivity index (χ4v) is 10.5. The van der Waals surface area contributed by atoms with Crippen molar-refractivity contribution in [2.45, 2.75) is 185 Å². The first-order valence-corrected chi connectivity index (χ1v) is 23.3. The van der Waals surface area contributed by atoms with Crippen molar-refractivity contribution in [1.29, 1.82) is 0 Å². The minimum Gasteiger partial charge on any atom is -0.458 e. The summed E-state index contributed by atoms with van der Waals surface area (Å²) in [6.45, 7) is 18.2. The molecule has 0 unspecified atom stereocenters. The maximum atomic E-state index is 14.7. The van der Waals surface area contributed by atoms with Gasteiger partial charge < -0.3 is 57.7 Å².